The van der Waals surface area contributed by atoms with Crippen LogP contribution in [0.2, 0.25) is 0 Å². The quantitative estimate of drug-likeness (QED) is 0.767. The molecule has 0 fully saturated rings. The molecule has 0 radical (unpaired) electrons. The van der Waals surface area contributed by atoms with Crippen molar-refractivity contribution in [3.8, 4) is 12.3 Å². The Morgan fingerprint density at radius 2 is 1.93 bits per heavy atom. The van der Waals surface area contributed by atoms with Crippen LogP contribution < -0.4 is 10.2 Å². The fourth-order valence-electron chi connectivity index (χ4n) is 2.64. The van der Waals surface area contributed by atoms with Gasteiger partial charge in [0.2, 0.25) is 5.91 Å². The Labute approximate surface area is 160 Å². The zero-order valence-corrected chi connectivity index (χ0v) is 15.9. The molecule has 1 aromatic carbocycles. The Balaban J connectivity index is 1.98. The average Bonchev–Trinajstić information content (AvgIpc) is 2.69. The van der Waals surface area contributed by atoms with E-state index < -0.39 is 0 Å². The van der Waals surface area contributed by atoms with E-state index in [1.807, 2.05) is 6.07 Å². The molecule has 0 aliphatic carbocycles. The molecule has 0 aliphatic rings. The number of likely N-dealkylation sites (N-methyl/N-ethyl adjacent to an activating group) is 1. The molecule has 0 saturated carbocycles. The maximum Gasteiger partial charge on any atom is 0.255 e. The van der Waals surface area contributed by atoms with Crippen molar-refractivity contribution < 1.29 is 9.59 Å². The zero-order chi connectivity index (χ0) is 19.8. The molecule has 0 saturated heterocycles. The fraction of sp³-hybridized carbons (Fsp3) is 0.286. The molecule has 2 amide bonds. The number of hydrogen-bond acceptors (Lipinski definition) is 4. The Bertz CT molecular complexity index is 836. The van der Waals surface area contributed by atoms with Crippen LogP contribution in [0, 0.1) is 12.3 Å². The number of terminal acetylenes is 1. The monoisotopic (exact) mass is 364 g/mol. The lowest BCUT2D eigenvalue weighted by molar-refractivity contribution is -0.116. The lowest BCUT2D eigenvalue weighted by atomic mass is 10.2. The van der Waals surface area contributed by atoms with Crippen molar-refractivity contribution in [1.82, 2.24) is 9.88 Å². The summed E-state index contributed by atoms with van der Waals surface area (Å²) in [5, 5.41) is 2.74. The van der Waals surface area contributed by atoms with Gasteiger partial charge in [-0.2, -0.15) is 0 Å². The molecular formula is C21H24N4O2. The third-order valence-electron chi connectivity index (χ3n) is 4.12. The van der Waals surface area contributed by atoms with Crippen LogP contribution in [-0.4, -0.2) is 48.4 Å². The van der Waals surface area contributed by atoms with Crippen LogP contribution in [0.4, 0.5) is 11.5 Å². The van der Waals surface area contributed by atoms with Crippen LogP contribution in [0.3, 0.4) is 0 Å². The van der Waals surface area contributed by atoms with Gasteiger partial charge >= 0.3 is 0 Å². The molecule has 0 unspecified atom stereocenters. The number of carbonyl (C=O) groups excluding carboxylic acids is 2. The molecule has 6 heteroatoms. The number of nitrogens with one attached hydrogen (secondary N) is 1. The maximum absolute atomic E-state index is 12.5. The molecule has 0 aliphatic heterocycles. The van der Waals surface area contributed by atoms with Gasteiger partial charge < -0.3 is 15.1 Å². The van der Waals surface area contributed by atoms with Crippen molar-refractivity contribution in [2.75, 3.05) is 36.9 Å². The summed E-state index contributed by atoms with van der Waals surface area (Å²) in [6.07, 6.45) is 6.90. The Morgan fingerprint density at radius 3 is 2.52 bits per heavy atom. The Hall–Kier alpha value is -3.33. The summed E-state index contributed by atoms with van der Waals surface area (Å²) in [5.74, 6) is 2.78. The van der Waals surface area contributed by atoms with Gasteiger partial charge in [0.15, 0.2) is 0 Å². The first-order valence-corrected chi connectivity index (χ1v) is 8.81. The van der Waals surface area contributed by atoms with E-state index in [-0.39, 0.29) is 18.4 Å². The molecule has 0 atom stereocenters. The van der Waals surface area contributed by atoms with E-state index in [9.17, 15) is 9.59 Å². The van der Waals surface area contributed by atoms with Gasteiger partial charge in [-0.1, -0.05) is 12.0 Å². The standard InChI is InChI=1S/C21H24N4O2/c1-5-16-9-8-10-18(13-16)23-20(26)15-24(4)21(27)17-11-12-19(22-14-17)25(6-2)7-3/h1,8-14H,6-7,15H2,2-4H3,(H,23,26). The third kappa shape index (κ3) is 5.32. The second kappa shape index (κ2) is 9.39. The number of hydrogen-bond donors (Lipinski definition) is 1. The summed E-state index contributed by atoms with van der Waals surface area (Å²) in [4.78, 5) is 32.5. The van der Waals surface area contributed by atoms with E-state index in [4.69, 9.17) is 6.42 Å². The summed E-state index contributed by atoms with van der Waals surface area (Å²) in [7, 11) is 1.58. The van der Waals surface area contributed by atoms with E-state index in [0.717, 1.165) is 18.9 Å². The zero-order valence-electron chi connectivity index (χ0n) is 15.9. The van der Waals surface area contributed by atoms with Crippen LogP contribution in [0.1, 0.15) is 29.8 Å². The van der Waals surface area contributed by atoms with Crippen molar-refractivity contribution in [3.63, 3.8) is 0 Å². The van der Waals surface area contributed by atoms with Crippen molar-refractivity contribution in [3.05, 3.63) is 53.7 Å². The molecule has 1 heterocycles. The molecule has 2 rings (SSSR count). The van der Waals surface area contributed by atoms with Crippen molar-refractivity contribution in [2.24, 2.45) is 0 Å². The number of pyridine rings is 1. The number of anilines is 2. The summed E-state index contributed by atoms with van der Waals surface area (Å²) >= 11 is 0. The molecule has 1 aromatic heterocycles. The normalized spacial score (nSPS) is 10.0. The second-order valence-electron chi connectivity index (χ2n) is 6.01. The molecular weight excluding hydrogens is 340 g/mol. The molecule has 6 nitrogen and oxygen atoms in total. The fourth-order valence-corrected chi connectivity index (χ4v) is 2.64. The second-order valence-corrected chi connectivity index (χ2v) is 6.01. The van der Waals surface area contributed by atoms with Crippen molar-refractivity contribution >= 4 is 23.3 Å². The average molecular weight is 364 g/mol. The largest absolute Gasteiger partial charge is 0.357 e. The first kappa shape index (κ1) is 20.0. The van der Waals surface area contributed by atoms with E-state index in [0.29, 0.717) is 16.8 Å². The number of aromatic nitrogens is 1. The summed E-state index contributed by atoms with van der Waals surface area (Å²) < 4.78 is 0. The van der Waals surface area contributed by atoms with Crippen LogP contribution >= 0.6 is 0 Å². The van der Waals surface area contributed by atoms with Crippen LogP contribution in [-0.2, 0) is 4.79 Å². The molecule has 27 heavy (non-hydrogen) atoms. The molecule has 0 spiro atoms. The molecule has 0 bridgehead atoms. The first-order chi connectivity index (χ1) is 13.0. The number of carbonyl (C=O) groups is 2. The first-order valence-electron chi connectivity index (χ1n) is 8.81. The van der Waals surface area contributed by atoms with Crippen LogP contribution in [0.15, 0.2) is 42.6 Å². The molecule has 140 valence electrons. The van der Waals surface area contributed by atoms with Gasteiger partial charge in [0, 0.05) is 37.6 Å². The Kier molecular flexibility index (Phi) is 6.95. The number of benzene rings is 1. The maximum atomic E-state index is 12.5. The SMILES string of the molecule is C#Cc1cccc(NC(=O)CN(C)C(=O)c2ccc(N(CC)CC)nc2)c1. The predicted octanol–water partition coefficient (Wildman–Crippen LogP) is 2.62. The van der Waals surface area contributed by atoms with Crippen LogP contribution in [0.5, 0.6) is 0 Å². The van der Waals surface area contributed by atoms with Gasteiger partial charge in [-0.15, -0.1) is 6.42 Å². The van der Waals surface area contributed by atoms with Gasteiger partial charge in [0.05, 0.1) is 12.1 Å². The minimum Gasteiger partial charge on any atom is -0.357 e. The molecule has 1 N–H and O–H groups in total. The van der Waals surface area contributed by atoms with Gasteiger partial charge in [0.25, 0.3) is 5.91 Å². The van der Waals surface area contributed by atoms with Crippen molar-refractivity contribution in [1.29, 1.82) is 0 Å². The van der Waals surface area contributed by atoms with Gasteiger partial charge in [0.1, 0.15) is 5.82 Å². The summed E-state index contributed by atoms with van der Waals surface area (Å²) in [5.41, 5.74) is 1.72. The summed E-state index contributed by atoms with van der Waals surface area (Å²) in [6, 6.07) is 10.5. The third-order valence-corrected chi connectivity index (χ3v) is 4.12. The minimum atomic E-state index is -0.298. The van der Waals surface area contributed by atoms with Crippen LogP contribution in [0.25, 0.3) is 0 Å². The highest BCUT2D eigenvalue weighted by Gasteiger charge is 2.16. The van der Waals surface area contributed by atoms with E-state index in [2.05, 4.69) is 35.0 Å². The predicted molar refractivity (Wildman–Crippen MR) is 108 cm³/mol. The lowest BCUT2D eigenvalue weighted by Gasteiger charge is -2.20. The number of nitrogens with zero attached hydrogens (tertiary/aromatic N) is 3. The topological polar surface area (TPSA) is 65.5 Å². The lowest BCUT2D eigenvalue weighted by Crippen LogP contribution is -2.35. The van der Waals surface area contributed by atoms with Gasteiger partial charge in [-0.05, 0) is 44.2 Å². The van der Waals surface area contributed by atoms with E-state index in [1.54, 1.807) is 43.6 Å². The van der Waals surface area contributed by atoms with E-state index in [1.165, 1.54) is 4.90 Å². The number of rotatable bonds is 7. The minimum absolute atomic E-state index is 0.0725. The Morgan fingerprint density at radius 1 is 1.19 bits per heavy atom. The highest BCUT2D eigenvalue weighted by atomic mass is 16.2. The smallest absolute Gasteiger partial charge is 0.255 e. The highest BCUT2D eigenvalue weighted by Crippen LogP contribution is 2.13. The number of amides is 2. The van der Waals surface area contributed by atoms with E-state index >= 15 is 0 Å². The highest BCUT2D eigenvalue weighted by molar-refractivity contribution is 5.99. The van der Waals surface area contributed by atoms with Gasteiger partial charge in [-0.25, -0.2) is 4.98 Å². The van der Waals surface area contributed by atoms with Crippen molar-refractivity contribution in [2.45, 2.75) is 13.8 Å². The summed E-state index contributed by atoms with van der Waals surface area (Å²) in [6.45, 7) is 5.72. The molecule has 2 aromatic rings. The van der Waals surface area contributed by atoms with Gasteiger partial charge in [-0.3, -0.25) is 9.59 Å².